The molecule has 1 saturated heterocycles. The molecule has 3 amide bonds. The number of rotatable bonds is 5. The van der Waals surface area contributed by atoms with Crippen LogP contribution in [0.25, 0.3) is 0 Å². The number of ether oxygens (including phenoxy) is 1. The molecule has 1 aromatic heterocycles. The van der Waals surface area contributed by atoms with Crippen molar-refractivity contribution in [1.29, 1.82) is 0 Å². The number of cyclic esters (lactones) is 1. The second kappa shape index (κ2) is 7.57. The van der Waals surface area contributed by atoms with E-state index in [4.69, 9.17) is 4.74 Å². The molecule has 1 fully saturated rings. The summed E-state index contributed by atoms with van der Waals surface area (Å²) in [7, 11) is 0. The Kier molecular flexibility index (Phi) is 5.23. The zero-order valence-corrected chi connectivity index (χ0v) is 15.1. The Balaban J connectivity index is 1.58. The van der Waals surface area contributed by atoms with E-state index in [2.05, 4.69) is 10.6 Å². The number of anilines is 1. The van der Waals surface area contributed by atoms with Crippen molar-refractivity contribution in [3.8, 4) is 0 Å². The van der Waals surface area contributed by atoms with Gasteiger partial charge in [-0.1, -0.05) is 12.1 Å². The molecular weight excluding hydrogens is 338 g/mol. The van der Waals surface area contributed by atoms with Crippen molar-refractivity contribution in [2.45, 2.75) is 26.4 Å². The summed E-state index contributed by atoms with van der Waals surface area (Å²) in [4.78, 5) is 27.7. The number of hydrogen-bond acceptors (Lipinski definition) is 4. The van der Waals surface area contributed by atoms with Gasteiger partial charge in [0.2, 0.25) is 0 Å². The summed E-state index contributed by atoms with van der Waals surface area (Å²) in [6, 6.07) is 11.2. The van der Waals surface area contributed by atoms with Gasteiger partial charge in [-0.3, -0.25) is 4.90 Å². The average Bonchev–Trinajstić information content (AvgIpc) is 3.21. The third-order valence-electron chi connectivity index (χ3n) is 4.01. The standard InChI is InChI=1S/C18H21N3O3S/c1-12-6-7-16(25-12)11-19-17(22)20-13(2)14-4-3-5-15(10-14)21-8-9-24-18(21)23/h3-7,10,13H,8-9,11H2,1-2H3,(H2,19,20,22). The minimum absolute atomic E-state index is 0.177. The molecular formula is C18H21N3O3S. The lowest BCUT2D eigenvalue weighted by molar-refractivity contribution is 0.181. The first-order chi connectivity index (χ1) is 12.0. The van der Waals surface area contributed by atoms with Crippen molar-refractivity contribution in [1.82, 2.24) is 10.6 Å². The summed E-state index contributed by atoms with van der Waals surface area (Å²) in [6.07, 6.45) is -0.332. The summed E-state index contributed by atoms with van der Waals surface area (Å²) < 4.78 is 4.97. The third-order valence-corrected chi connectivity index (χ3v) is 5.01. The number of carbonyl (C=O) groups is 2. The van der Waals surface area contributed by atoms with Crippen molar-refractivity contribution in [2.24, 2.45) is 0 Å². The molecule has 0 spiro atoms. The van der Waals surface area contributed by atoms with E-state index in [1.165, 1.54) is 4.88 Å². The molecule has 0 radical (unpaired) electrons. The highest BCUT2D eigenvalue weighted by Gasteiger charge is 2.24. The minimum atomic E-state index is -0.332. The number of hydrogen-bond donors (Lipinski definition) is 2. The first kappa shape index (κ1) is 17.3. The van der Waals surface area contributed by atoms with Crippen LogP contribution in [0.15, 0.2) is 36.4 Å². The van der Waals surface area contributed by atoms with Crippen LogP contribution in [-0.2, 0) is 11.3 Å². The molecule has 1 unspecified atom stereocenters. The molecule has 2 heterocycles. The lowest BCUT2D eigenvalue weighted by Gasteiger charge is -2.18. The highest BCUT2D eigenvalue weighted by atomic mass is 32.1. The SMILES string of the molecule is Cc1ccc(CNC(=O)NC(C)c2cccc(N3CCOC3=O)c2)s1. The molecule has 6 nitrogen and oxygen atoms in total. The van der Waals surface area contributed by atoms with E-state index in [0.717, 1.165) is 16.1 Å². The van der Waals surface area contributed by atoms with Gasteiger partial charge in [-0.05, 0) is 43.7 Å². The predicted octanol–water partition coefficient (Wildman–Crippen LogP) is 3.57. The van der Waals surface area contributed by atoms with E-state index < -0.39 is 0 Å². The predicted molar refractivity (Wildman–Crippen MR) is 98.0 cm³/mol. The first-order valence-corrected chi connectivity index (χ1v) is 8.98. The fourth-order valence-corrected chi connectivity index (χ4v) is 3.50. The minimum Gasteiger partial charge on any atom is -0.447 e. The van der Waals surface area contributed by atoms with Gasteiger partial charge < -0.3 is 15.4 Å². The Morgan fingerprint density at radius 2 is 2.20 bits per heavy atom. The summed E-state index contributed by atoms with van der Waals surface area (Å²) in [5.41, 5.74) is 1.71. The number of nitrogens with zero attached hydrogens (tertiary/aromatic N) is 1. The third kappa shape index (κ3) is 4.30. The van der Waals surface area contributed by atoms with Crippen LogP contribution >= 0.6 is 11.3 Å². The molecule has 7 heteroatoms. The Morgan fingerprint density at radius 3 is 2.88 bits per heavy atom. The molecule has 0 saturated carbocycles. The normalized spacial score (nSPS) is 15.0. The second-order valence-electron chi connectivity index (χ2n) is 5.92. The van der Waals surface area contributed by atoms with E-state index in [1.807, 2.05) is 50.2 Å². The summed E-state index contributed by atoms with van der Waals surface area (Å²) in [5, 5.41) is 5.79. The van der Waals surface area contributed by atoms with Crippen LogP contribution in [0.5, 0.6) is 0 Å². The van der Waals surface area contributed by atoms with Crippen molar-refractivity contribution >= 4 is 29.1 Å². The van der Waals surface area contributed by atoms with Crippen LogP contribution in [-0.4, -0.2) is 25.3 Å². The zero-order valence-electron chi connectivity index (χ0n) is 14.2. The van der Waals surface area contributed by atoms with E-state index >= 15 is 0 Å². The smallest absolute Gasteiger partial charge is 0.414 e. The first-order valence-electron chi connectivity index (χ1n) is 8.17. The topological polar surface area (TPSA) is 70.7 Å². The lowest BCUT2D eigenvalue weighted by atomic mass is 10.1. The highest BCUT2D eigenvalue weighted by molar-refractivity contribution is 7.11. The van der Waals surface area contributed by atoms with Crippen molar-refractivity contribution in [2.75, 3.05) is 18.1 Å². The molecule has 2 aromatic rings. The summed E-state index contributed by atoms with van der Waals surface area (Å²) in [6.45, 7) is 5.42. The quantitative estimate of drug-likeness (QED) is 0.857. The van der Waals surface area contributed by atoms with Crippen molar-refractivity contribution < 1.29 is 14.3 Å². The molecule has 1 aromatic carbocycles. The van der Waals surface area contributed by atoms with Gasteiger partial charge in [0.25, 0.3) is 0 Å². The number of carbonyl (C=O) groups excluding carboxylic acids is 2. The van der Waals surface area contributed by atoms with Crippen molar-refractivity contribution in [3.63, 3.8) is 0 Å². The van der Waals surface area contributed by atoms with Gasteiger partial charge >= 0.3 is 12.1 Å². The van der Waals surface area contributed by atoms with Gasteiger partial charge in [0.15, 0.2) is 0 Å². The molecule has 3 rings (SSSR count). The molecule has 0 bridgehead atoms. The van der Waals surface area contributed by atoms with Gasteiger partial charge in [-0.15, -0.1) is 11.3 Å². The van der Waals surface area contributed by atoms with Gasteiger partial charge in [-0.25, -0.2) is 9.59 Å². The second-order valence-corrected chi connectivity index (χ2v) is 7.29. The van der Waals surface area contributed by atoms with Gasteiger partial charge in [0.05, 0.1) is 19.1 Å². The number of amides is 3. The largest absolute Gasteiger partial charge is 0.447 e. The van der Waals surface area contributed by atoms with Crippen molar-refractivity contribution in [3.05, 3.63) is 51.7 Å². The Bertz CT molecular complexity index is 774. The molecule has 0 aliphatic carbocycles. The van der Waals surface area contributed by atoms with E-state index in [0.29, 0.717) is 19.7 Å². The number of benzene rings is 1. The number of aryl methyl sites for hydroxylation is 1. The maximum Gasteiger partial charge on any atom is 0.414 e. The van der Waals surface area contributed by atoms with Crippen LogP contribution in [0.3, 0.4) is 0 Å². The number of thiophene rings is 1. The fourth-order valence-electron chi connectivity index (χ4n) is 2.67. The molecule has 1 aliphatic rings. The monoisotopic (exact) mass is 359 g/mol. The number of urea groups is 1. The van der Waals surface area contributed by atoms with Gasteiger partial charge in [-0.2, -0.15) is 0 Å². The van der Waals surface area contributed by atoms with E-state index in [-0.39, 0.29) is 18.2 Å². The zero-order chi connectivity index (χ0) is 17.8. The van der Waals surface area contributed by atoms with E-state index in [9.17, 15) is 9.59 Å². The Hall–Kier alpha value is -2.54. The van der Waals surface area contributed by atoms with Crippen LogP contribution in [0.1, 0.15) is 28.3 Å². The van der Waals surface area contributed by atoms with Gasteiger partial charge in [0.1, 0.15) is 6.61 Å². The van der Waals surface area contributed by atoms with Gasteiger partial charge in [0, 0.05) is 15.4 Å². The molecule has 132 valence electrons. The molecule has 2 N–H and O–H groups in total. The summed E-state index contributed by atoms with van der Waals surface area (Å²) >= 11 is 1.67. The van der Waals surface area contributed by atoms with Crippen LogP contribution in [0.4, 0.5) is 15.3 Å². The summed E-state index contributed by atoms with van der Waals surface area (Å²) in [5.74, 6) is 0. The van der Waals surface area contributed by atoms with E-state index in [1.54, 1.807) is 16.2 Å². The molecule has 1 atom stereocenters. The maximum atomic E-state index is 12.1. The molecule has 25 heavy (non-hydrogen) atoms. The van der Waals surface area contributed by atoms with Crippen LogP contribution < -0.4 is 15.5 Å². The highest BCUT2D eigenvalue weighted by Crippen LogP contribution is 2.23. The average molecular weight is 359 g/mol. The van der Waals surface area contributed by atoms with Crippen LogP contribution in [0.2, 0.25) is 0 Å². The number of nitrogens with one attached hydrogen (secondary N) is 2. The fraction of sp³-hybridized carbons (Fsp3) is 0.333. The lowest BCUT2D eigenvalue weighted by Crippen LogP contribution is -2.36. The maximum absolute atomic E-state index is 12.1. The molecule has 1 aliphatic heterocycles. The Morgan fingerprint density at radius 1 is 1.36 bits per heavy atom. The van der Waals surface area contributed by atoms with Crippen LogP contribution in [0, 0.1) is 6.92 Å². The Labute approximate surface area is 150 Å².